The van der Waals surface area contributed by atoms with E-state index in [1.807, 2.05) is 0 Å². The van der Waals surface area contributed by atoms with Crippen LogP contribution in [0.2, 0.25) is 0 Å². The minimum Gasteiger partial charge on any atom is -0.491 e. The summed E-state index contributed by atoms with van der Waals surface area (Å²) in [5.74, 6) is 0.426. The first-order valence-electron chi connectivity index (χ1n) is 5.03. The Morgan fingerprint density at radius 1 is 1.18 bits per heavy atom. The molecule has 0 radical (unpaired) electrons. The highest BCUT2D eigenvalue weighted by Crippen LogP contribution is 2.26. The summed E-state index contributed by atoms with van der Waals surface area (Å²) in [7, 11) is 0. The average molecular weight is 249 g/mol. The molecule has 17 heavy (non-hydrogen) atoms. The summed E-state index contributed by atoms with van der Waals surface area (Å²) in [4.78, 5) is 0. The lowest BCUT2D eigenvalue weighted by atomic mass is 10.3. The van der Waals surface area contributed by atoms with Gasteiger partial charge in [-0.05, 0) is 13.8 Å². The molecule has 0 aromatic heterocycles. The van der Waals surface area contributed by atoms with Crippen LogP contribution in [-0.4, -0.2) is 18.9 Å². The lowest BCUT2D eigenvalue weighted by Crippen LogP contribution is -2.19. The fourth-order valence-corrected chi connectivity index (χ4v) is 1.18. The SMILES string of the molecule is CC(C)Oc1cc(N)cc(OCC(F)(F)F)c1. The van der Waals surface area contributed by atoms with E-state index >= 15 is 0 Å². The molecule has 1 rings (SSSR count). The first-order valence-corrected chi connectivity index (χ1v) is 5.03. The average Bonchev–Trinajstić information content (AvgIpc) is 2.11. The Kier molecular flexibility index (Phi) is 4.09. The summed E-state index contributed by atoms with van der Waals surface area (Å²) < 4.78 is 45.8. The molecule has 0 bridgehead atoms. The smallest absolute Gasteiger partial charge is 0.422 e. The topological polar surface area (TPSA) is 44.5 Å². The van der Waals surface area contributed by atoms with Crippen molar-refractivity contribution >= 4 is 5.69 Å². The predicted octanol–water partition coefficient (Wildman–Crippen LogP) is 3.00. The van der Waals surface area contributed by atoms with Crippen LogP contribution in [0.1, 0.15) is 13.8 Å². The zero-order valence-corrected chi connectivity index (χ0v) is 9.54. The zero-order valence-electron chi connectivity index (χ0n) is 9.54. The van der Waals surface area contributed by atoms with Gasteiger partial charge in [0.2, 0.25) is 0 Å². The van der Waals surface area contributed by atoms with Crippen molar-refractivity contribution in [3.05, 3.63) is 18.2 Å². The number of hydrogen-bond acceptors (Lipinski definition) is 3. The van der Waals surface area contributed by atoms with Crippen molar-refractivity contribution in [1.29, 1.82) is 0 Å². The fourth-order valence-electron chi connectivity index (χ4n) is 1.18. The molecular weight excluding hydrogens is 235 g/mol. The second-order valence-corrected chi connectivity index (χ2v) is 3.81. The Balaban J connectivity index is 2.75. The van der Waals surface area contributed by atoms with E-state index in [1.165, 1.54) is 18.2 Å². The summed E-state index contributed by atoms with van der Waals surface area (Å²) in [6.45, 7) is 2.26. The van der Waals surface area contributed by atoms with Gasteiger partial charge >= 0.3 is 6.18 Å². The predicted molar refractivity (Wildman–Crippen MR) is 58.2 cm³/mol. The van der Waals surface area contributed by atoms with Gasteiger partial charge in [-0.3, -0.25) is 0 Å². The Morgan fingerprint density at radius 2 is 1.76 bits per heavy atom. The molecule has 0 atom stereocenters. The lowest BCUT2D eigenvalue weighted by molar-refractivity contribution is -0.153. The number of nitrogen functional groups attached to an aromatic ring is 1. The van der Waals surface area contributed by atoms with Gasteiger partial charge in [-0.25, -0.2) is 0 Å². The van der Waals surface area contributed by atoms with Crippen LogP contribution in [0.5, 0.6) is 11.5 Å². The van der Waals surface area contributed by atoms with Crippen molar-refractivity contribution in [2.75, 3.05) is 12.3 Å². The molecule has 0 aliphatic heterocycles. The third kappa shape index (κ3) is 5.33. The molecule has 0 amide bonds. The van der Waals surface area contributed by atoms with Gasteiger partial charge in [0.15, 0.2) is 6.61 Å². The molecule has 0 aliphatic carbocycles. The van der Waals surface area contributed by atoms with Crippen molar-refractivity contribution < 1.29 is 22.6 Å². The van der Waals surface area contributed by atoms with Crippen LogP contribution < -0.4 is 15.2 Å². The van der Waals surface area contributed by atoms with Crippen LogP contribution in [0.15, 0.2) is 18.2 Å². The summed E-state index contributed by atoms with van der Waals surface area (Å²) in [5, 5.41) is 0. The highest BCUT2D eigenvalue weighted by molar-refractivity contribution is 5.50. The van der Waals surface area contributed by atoms with E-state index in [1.54, 1.807) is 13.8 Å². The van der Waals surface area contributed by atoms with Crippen molar-refractivity contribution in [3.63, 3.8) is 0 Å². The standard InChI is InChI=1S/C11H14F3NO2/c1-7(2)17-10-4-8(15)3-9(5-10)16-6-11(12,13)14/h3-5,7H,6,15H2,1-2H3. The molecule has 1 aromatic carbocycles. The molecule has 0 aliphatic rings. The summed E-state index contributed by atoms with van der Waals surface area (Å²) in [6, 6.07) is 4.22. The number of nitrogens with two attached hydrogens (primary N) is 1. The van der Waals surface area contributed by atoms with Crippen LogP contribution in [0.25, 0.3) is 0 Å². The second-order valence-electron chi connectivity index (χ2n) is 3.81. The highest BCUT2D eigenvalue weighted by Gasteiger charge is 2.28. The Bertz CT molecular complexity index is 377. The Hall–Kier alpha value is -1.59. The van der Waals surface area contributed by atoms with Crippen molar-refractivity contribution in [2.45, 2.75) is 26.1 Å². The zero-order chi connectivity index (χ0) is 13.1. The van der Waals surface area contributed by atoms with E-state index in [0.29, 0.717) is 11.4 Å². The molecular formula is C11H14F3NO2. The molecule has 3 nitrogen and oxygen atoms in total. The van der Waals surface area contributed by atoms with Gasteiger partial charge in [-0.15, -0.1) is 0 Å². The van der Waals surface area contributed by atoms with Gasteiger partial charge in [0.05, 0.1) is 6.10 Å². The van der Waals surface area contributed by atoms with Gasteiger partial charge in [0.25, 0.3) is 0 Å². The third-order valence-corrected chi connectivity index (χ3v) is 1.68. The minimum atomic E-state index is -4.37. The molecule has 0 saturated carbocycles. The monoisotopic (exact) mass is 249 g/mol. The maximum atomic E-state index is 12.0. The number of alkyl halides is 3. The van der Waals surface area contributed by atoms with Gasteiger partial charge in [-0.1, -0.05) is 0 Å². The van der Waals surface area contributed by atoms with Crippen LogP contribution in [0, 0.1) is 0 Å². The number of halogens is 3. The minimum absolute atomic E-state index is 0.0398. The molecule has 0 heterocycles. The molecule has 96 valence electrons. The van der Waals surface area contributed by atoms with Crippen LogP contribution in [-0.2, 0) is 0 Å². The van der Waals surface area contributed by atoms with E-state index in [4.69, 9.17) is 10.5 Å². The fraction of sp³-hybridized carbons (Fsp3) is 0.455. The molecule has 6 heteroatoms. The normalized spacial score (nSPS) is 11.6. The number of hydrogen-bond donors (Lipinski definition) is 1. The van der Waals surface area contributed by atoms with Crippen molar-refractivity contribution in [2.24, 2.45) is 0 Å². The van der Waals surface area contributed by atoms with E-state index < -0.39 is 12.8 Å². The van der Waals surface area contributed by atoms with Crippen LogP contribution >= 0.6 is 0 Å². The molecule has 0 fully saturated rings. The largest absolute Gasteiger partial charge is 0.491 e. The van der Waals surface area contributed by atoms with E-state index in [-0.39, 0.29) is 11.9 Å². The van der Waals surface area contributed by atoms with Gasteiger partial charge in [0.1, 0.15) is 11.5 Å². The summed E-state index contributed by atoms with van der Waals surface area (Å²) in [6.07, 6.45) is -4.46. The molecule has 2 N–H and O–H groups in total. The number of ether oxygens (including phenoxy) is 2. The first kappa shape index (κ1) is 13.5. The highest BCUT2D eigenvalue weighted by atomic mass is 19.4. The van der Waals surface area contributed by atoms with Crippen molar-refractivity contribution in [3.8, 4) is 11.5 Å². The number of benzene rings is 1. The van der Waals surface area contributed by atoms with E-state index in [2.05, 4.69) is 4.74 Å². The quantitative estimate of drug-likeness (QED) is 0.834. The Labute approximate surface area is 97.3 Å². The lowest BCUT2D eigenvalue weighted by Gasteiger charge is -2.13. The Morgan fingerprint density at radius 3 is 2.29 bits per heavy atom. The van der Waals surface area contributed by atoms with E-state index in [0.717, 1.165) is 0 Å². The van der Waals surface area contributed by atoms with Gasteiger partial charge in [0, 0.05) is 23.9 Å². The van der Waals surface area contributed by atoms with Gasteiger partial charge < -0.3 is 15.2 Å². The molecule has 1 aromatic rings. The van der Waals surface area contributed by atoms with Crippen LogP contribution in [0.3, 0.4) is 0 Å². The molecule has 0 unspecified atom stereocenters. The summed E-state index contributed by atoms with van der Waals surface area (Å²) in [5.41, 5.74) is 5.83. The third-order valence-electron chi connectivity index (χ3n) is 1.68. The second kappa shape index (κ2) is 5.16. The molecule has 0 spiro atoms. The molecule has 0 saturated heterocycles. The maximum absolute atomic E-state index is 12.0. The maximum Gasteiger partial charge on any atom is 0.422 e. The summed E-state index contributed by atoms with van der Waals surface area (Å²) >= 11 is 0. The number of anilines is 1. The van der Waals surface area contributed by atoms with Crippen LogP contribution in [0.4, 0.5) is 18.9 Å². The number of rotatable bonds is 4. The van der Waals surface area contributed by atoms with Gasteiger partial charge in [-0.2, -0.15) is 13.2 Å². The van der Waals surface area contributed by atoms with Crippen molar-refractivity contribution in [1.82, 2.24) is 0 Å². The van der Waals surface area contributed by atoms with E-state index in [9.17, 15) is 13.2 Å². The first-order chi connectivity index (χ1) is 7.76.